The summed E-state index contributed by atoms with van der Waals surface area (Å²) in [7, 11) is -4.45. The normalized spacial score (nSPS) is 11.0. The van der Waals surface area contributed by atoms with Crippen LogP contribution in [-0.4, -0.2) is 18.3 Å². The molecule has 0 unspecified atom stereocenters. The summed E-state index contributed by atoms with van der Waals surface area (Å²) in [6.45, 7) is 1.74. The van der Waals surface area contributed by atoms with Crippen molar-refractivity contribution in [1.82, 2.24) is 0 Å². The van der Waals surface area contributed by atoms with Gasteiger partial charge in [0.15, 0.2) is 0 Å². The molecular weight excluding hydrogens is 328 g/mol. The van der Waals surface area contributed by atoms with Crippen LogP contribution >= 0.6 is 0 Å². The first-order valence-electron chi connectivity index (χ1n) is 6.15. The number of benzene rings is 2. The van der Waals surface area contributed by atoms with Crippen LogP contribution in [0.5, 0.6) is 5.75 Å². The molecule has 0 aliphatic rings. The Labute approximate surface area is 130 Å². The second-order valence-electron chi connectivity index (χ2n) is 4.49. The van der Waals surface area contributed by atoms with Gasteiger partial charge in [0.25, 0.3) is 5.75 Å². The van der Waals surface area contributed by atoms with Crippen molar-refractivity contribution in [3.8, 4) is 5.75 Å². The van der Waals surface area contributed by atoms with Crippen LogP contribution in [-0.2, 0) is 10.1 Å². The Morgan fingerprint density at radius 2 is 1.39 bits per heavy atom. The molecule has 0 aliphatic heterocycles. The molecule has 2 rings (SSSR count). The quantitative estimate of drug-likeness (QED) is 0.465. The third-order valence-electron chi connectivity index (χ3n) is 2.87. The van der Waals surface area contributed by atoms with E-state index in [4.69, 9.17) is 4.18 Å². The molecule has 0 atom stereocenters. The number of nitro groups is 2. The van der Waals surface area contributed by atoms with E-state index in [1.165, 1.54) is 24.3 Å². The molecule has 0 spiro atoms. The van der Waals surface area contributed by atoms with Crippen LogP contribution in [0.2, 0.25) is 0 Å². The molecule has 0 heterocycles. The van der Waals surface area contributed by atoms with Crippen molar-refractivity contribution in [3.05, 3.63) is 68.3 Å². The summed E-state index contributed by atoms with van der Waals surface area (Å²) in [6.07, 6.45) is 0. The van der Waals surface area contributed by atoms with Crippen molar-refractivity contribution >= 4 is 21.5 Å². The molecule has 23 heavy (non-hydrogen) atoms. The van der Waals surface area contributed by atoms with Crippen molar-refractivity contribution in [3.63, 3.8) is 0 Å². The second kappa shape index (κ2) is 6.01. The zero-order valence-electron chi connectivity index (χ0n) is 11.7. The Hall–Kier alpha value is -3.01. The fraction of sp³-hybridized carbons (Fsp3) is 0.0769. The van der Waals surface area contributed by atoms with Gasteiger partial charge < -0.3 is 4.18 Å². The van der Waals surface area contributed by atoms with Crippen LogP contribution < -0.4 is 4.18 Å². The van der Waals surface area contributed by atoms with Gasteiger partial charge in [0.1, 0.15) is 4.90 Å². The van der Waals surface area contributed by atoms with Gasteiger partial charge in [0, 0.05) is 12.1 Å². The van der Waals surface area contributed by atoms with Gasteiger partial charge in [0.2, 0.25) is 0 Å². The standard InChI is InChI=1S/C13H10N2O7S/c1-9-5-7-10(8-6-9)23(20,21)22-13-11(14(16)17)3-2-4-12(13)15(18)19/h2-8H,1H3. The summed E-state index contributed by atoms with van der Waals surface area (Å²) in [5.41, 5.74) is -0.828. The smallest absolute Gasteiger partial charge is 0.339 e. The number of hydrogen-bond acceptors (Lipinski definition) is 7. The van der Waals surface area contributed by atoms with Crippen molar-refractivity contribution in [2.24, 2.45) is 0 Å². The molecule has 0 bridgehead atoms. The summed E-state index contributed by atoms with van der Waals surface area (Å²) < 4.78 is 29.1. The van der Waals surface area contributed by atoms with Crippen LogP contribution in [0.1, 0.15) is 5.56 Å². The molecule has 2 aromatic rings. The molecule has 0 radical (unpaired) electrons. The molecule has 0 aromatic heterocycles. The van der Waals surface area contributed by atoms with E-state index in [0.29, 0.717) is 0 Å². The first-order valence-corrected chi connectivity index (χ1v) is 7.56. The van der Waals surface area contributed by atoms with Crippen molar-refractivity contribution in [2.45, 2.75) is 11.8 Å². The minimum Gasteiger partial charge on any atom is -0.364 e. The lowest BCUT2D eigenvalue weighted by atomic mass is 10.2. The molecule has 0 aliphatic carbocycles. The minimum atomic E-state index is -4.45. The van der Waals surface area contributed by atoms with Gasteiger partial charge in [-0.15, -0.1) is 0 Å². The number of aryl methyl sites for hydroxylation is 1. The van der Waals surface area contributed by atoms with Gasteiger partial charge >= 0.3 is 21.5 Å². The highest BCUT2D eigenvalue weighted by molar-refractivity contribution is 7.87. The number of hydrogen-bond donors (Lipinski definition) is 0. The monoisotopic (exact) mass is 338 g/mol. The zero-order valence-corrected chi connectivity index (χ0v) is 12.5. The molecule has 2 aromatic carbocycles. The van der Waals surface area contributed by atoms with E-state index < -0.39 is 37.1 Å². The largest absolute Gasteiger partial charge is 0.364 e. The number of nitrogens with zero attached hydrogens (tertiary/aromatic N) is 2. The molecule has 0 saturated heterocycles. The molecule has 0 amide bonds. The molecule has 0 saturated carbocycles. The maximum Gasteiger partial charge on any atom is 0.339 e. The van der Waals surface area contributed by atoms with Crippen molar-refractivity contribution < 1.29 is 22.4 Å². The summed E-state index contributed by atoms with van der Waals surface area (Å²) in [5, 5.41) is 21.9. The minimum absolute atomic E-state index is 0.268. The fourth-order valence-corrected chi connectivity index (χ4v) is 2.70. The number of nitro benzene ring substituents is 2. The second-order valence-corrected chi connectivity index (χ2v) is 6.04. The van der Waals surface area contributed by atoms with Gasteiger partial charge in [0.05, 0.1) is 9.85 Å². The van der Waals surface area contributed by atoms with E-state index in [0.717, 1.165) is 23.8 Å². The van der Waals surface area contributed by atoms with Gasteiger partial charge in [-0.3, -0.25) is 20.2 Å². The predicted octanol–water partition coefficient (Wildman–Crippen LogP) is 2.58. The summed E-state index contributed by atoms with van der Waals surface area (Å²) in [6, 6.07) is 8.41. The van der Waals surface area contributed by atoms with Gasteiger partial charge in [-0.25, -0.2) is 0 Å². The van der Waals surface area contributed by atoms with E-state index in [2.05, 4.69) is 0 Å². The maximum absolute atomic E-state index is 12.2. The van der Waals surface area contributed by atoms with Crippen molar-refractivity contribution in [1.29, 1.82) is 0 Å². The van der Waals surface area contributed by atoms with Crippen LogP contribution in [0, 0.1) is 27.2 Å². The number of para-hydroxylation sites is 1. The highest BCUT2D eigenvalue weighted by Gasteiger charge is 2.31. The topological polar surface area (TPSA) is 130 Å². The van der Waals surface area contributed by atoms with Crippen LogP contribution in [0.4, 0.5) is 11.4 Å². The van der Waals surface area contributed by atoms with Crippen LogP contribution in [0.25, 0.3) is 0 Å². The Morgan fingerprint density at radius 1 is 0.913 bits per heavy atom. The predicted molar refractivity (Wildman–Crippen MR) is 78.7 cm³/mol. The van der Waals surface area contributed by atoms with Gasteiger partial charge in [-0.1, -0.05) is 17.7 Å². The van der Waals surface area contributed by atoms with Gasteiger partial charge in [-0.2, -0.15) is 8.42 Å². The first kappa shape index (κ1) is 16.4. The molecule has 9 nitrogen and oxygen atoms in total. The van der Waals surface area contributed by atoms with Crippen LogP contribution in [0.3, 0.4) is 0 Å². The maximum atomic E-state index is 12.2. The average molecular weight is 338 g/mol. The average Bonchev–Trinajstić information content (AvgIpc) is 2.47. The lowest BCUT2D eigenvalue weighted by Crippen LogP contribution is -2.12. The third kappa shape index (κ3) is 3.43. The Kier molecular flexibility index (Phi) is 4.27. The van der Waals surface area contributed by atoms with Gasteiger partial charge in [-0.05, 0) is 25.1 Å². The molecule has 120 valence electrons. The summed E-state index contributed by atoms with van der Waals surface area (Å²) in [5.74, 6) is -0.928. The molecular formula is C13H10N2O7S. The third-order valence-corrected chi connectivity index (χ3v) is 4.11. The Bertz CT molecular complexity index is 843. The lowest BCUT2D eigenvalue weighted by molar-refractivity contribution is -0.395. The Balaban J connectivity index is 2.56. The molecule has 0 fully saturated rings. The first-order chi connectivity index (χ1) is 10.7. The lowest BCUT2D eigenvalue weighted by Gasteiger charge is -2.08. The van der Waals surface area contributed by atoms with E-state index in [1.54, 1.807) is 6.92 Å². The molecule has 0 N–H and O–H groups in total. The summed E-state index contributed by atoms with van der Waals surface area (Å²) >= 11 is 0. The zero-order chi connectivity index (χ0) is 17.2. The SMILES string of the molecule is Cc1ccc(S(=O)(=O)Oc2c([N+](=O)[O-])cccc2[N+](=O)[O-])cc1. The van der Waals surface area contributed by atoms with E-state index in [9.17, 15) is 28.6 Å². The number of rotatable bonds is 5. The molecule has 10 heteroatoms. The van der Waals surface area contributed by atoms with E-state index in [-0.39, 0.29) is 4.90 Å². The highest BCUT2D eigenvalue weighted by Crippen LogP contribution is 2.38. The van der Waals surface area contributed by atoms with Crippen molar-refractivity contribution in [2.75, 3.05) is 0 Å². The summed E-state index contributed by atoms with van der Waals surface area (Å²) in [4.78, 5) is 19.8. The van der Waals surface area contributed by atoms with E-state index >= 15 is 0 Å². The van der Waals surface area contributed by atoms with Crippen LogP contribution in [0.15, 0.2) is 47.4 Å². The highest BCUT2D eigenvalue weighted by atomic mass is 32.2. The Morgan fingerprint density at radius 3 is 1.83 bits per heavy atom. The van der Waals surface area contributed by atoms with E-state index in [1.807, 2.05) is 0 Å². The fourth-order valence-electron chi connectivity index (χ4n) is 1.75.